The zero-order chi connectivity index (χ0) is 16.3. The smallest absolute Gasteiger partial charge is 0.321 e. The Morgan fingerprint density at radius 2 is 1.95 bits per heavy atom. The average Bonchev–Trinajstić information content (AvgIpc) is 2.82. The fraction of sp³-hybridized carbons (Fsp3) is 0.500. The minimum Gasteiger partial charge on any atom is -0.480 e. The molecule has 1 aromatic rings. The molecule has 0 saturated carbocycles. The number of hydrogen-bond donors (Lipinski definition) is 4. The van der Waals surface area contributed by atoms with Crippen LogP contribution in [0.3, 0.4) is 0 Å². The molecule has 3 N–H and O–H groups in total. The number of hydrogen-bond acceptors (Lipinski definition) is 3. The van der Waals surface area contributed by atoms with E-state index in [-0.39, 0.29) is 11.2 Å². The minimum absolute atomic E-state index is 0.0908. The molecule has 1 aliphatic heterocycles. The van der Waals surface area contributed by atoms with Crippen molar-refractivity contribution >= 4 is 28.5 Å². The fourth-order valence-electron chi connectivity index (χ4n) is 3.16. The molecule has 0 aromatic heterocycles. The number of carboxylic acids is 1. The lowest BCUT2D eigenvalue weighted by molar-refractivity contribution is -0.139. The first-order valence-corrected chi connectivity index (χ1v) is 9.08. The van der Waals surface area contributed by atoms with Gasteiger partial charge in [-0.05, 0) is 54.3 Å². The molecule has 0 bridgehead atoms. The first-order valence-electron chi connectivity index (χ1n) is 7.48. The second kappa shape index (κ2) is 7.15. The summed E-state index contributed by atoms with van der Waals surface area (Å²) in [5.74, 6) is 0.594. The van der Waals surface area contributed by atoms with E-state index in [9.17, 15) is 14.7 Å². The van der Waals surface area contributed by atoms with E-state index in [2.05, 4.69) is 17.6 Å². The number of benzene rings is 1. The molecule has 1 aliphatic rings. The quantitative estimate of drug-likeness (QED) is 0.626. The lowest BCUT2D eigenvalue weighted by Crippen LogP contribution is -2.45. The highest BCUT2D eigenvalue weighted by atomic mass is 32.2. The van der Waals surface area contributed by atoms with Gasteiger partial charge in [-0.25, -0.2) is 10.9 Å². The third kappa shape index (κ3) is 3.62. The molecular weight excluding hydrogens is 300 g/mol. The SMILES string of the molecule is CNC(C(=O)O)[C@H]1[C@H](C)CC[SH]1c1ccc(NC(C)=O)cc1. The number of carbonyl (C=O) groups is 2. The van der Waals surface area contributed by atoms with Gasteiger partial charge < -0.3 is 15.7 Å². The largest absolute Gasteiger partial charge is 0.480 e. The molecule has 2 unspecified atom stereocenters. The van der Waals surface area contributed by atoms with Crippen molar-refractivity contribution in [1.82, 2.24) is 5.32 Å². The van der Waals surface area contributed by atoms with Crippen LogP contribution in [0.4, 0.5) is 5.69 Å². The van der Waals surface area contributed by atoms with Crippen LogP contribution in [0.15, 0.2) is 29.2 Å². The number of thiol groups is 1. The van der Waals surface area contributed by atoms with Crippen LogP contribution in [0.5, 0.6) is 0 Å². The summed E-state index contributed by atoms with van der Waals surface area (Å²) in [6.45, 7) is 3.63. The van der Waals surface area contributed by atoms with E-state index in [4.69, 9.17) is 0 Å². The topological polar surface area (TPSA) is 78.4 Å². The van der Waals surface area contributed by atoms with Crippen LogP contribution in [0.2, 0.25) is 0 Å². The monoisotopic (exact) mass is 324 g/mol. The van der Waals surface area contributed by atoms with E-state index < -0.39 is 22.9 Å². The van der Waals surface area contributed by atoms with Gasteiger partial charge in [-0.15, -0.1) is 0 Å². The van der Waals surface area contributed by atoms with E-state index in [0.717, 1.165) is 17.9 Å². The zero-order valence-corrected chi connectivity index (χ0v) is 14.1. The van der Waals surface area contributed by atoms with Gasteiger partial charge >= 0.3 is 5.97 Å². The average molecular weight is 324 g/mol. The summed E-state index contributed by atoms with van der Waals surface area (Å²) in [6.07, 6.45) is 1.06. The molecule has 122 valence electrons. The summed E-state index contributed by atoms with van der Waals surface area (Å²) < 4.78 is 0. The number of carbonyl (C=O) groups excluding carboxylic acids is 1. The van der Waals surface area contributed by atoms with Gasteiger partial charge in [0, 0.05) is 17.9 Å². The lowest BCUT2D eigenvalue weighted by atomic mass is 9.99. The van der Waals surface area contributed by atoms with Gasteiger partial charge in [0.2, 0.25) is 5.91 Å². The molecule has 2 rings (SSSR count). The van der Waals surface area contributed by atoms with Gasteiger partial charge in [0.05, 0.1) is 0 Å². The molecule has 1 saturated heterocycles. The maximum absolute atomic E-state index is 11.5. The number of anilines is 1. The Morgan fingerprint density at radius 3 is 2.45 bits per heavy atom. The number of likely N-dealkylation sites (N-methyl/N-ethyl adjacent to an activating group) is 1. The molecule has 4 atom stereocenters. The number of rotatable bonds is 5. The Balaban J connectivity index is 2.22. The highest BCUT2D eigenvalue weighted by Crippen LogP contribution is 2.52. The standard InChI is InChI=1S/C16H24N2O3S/c1-10-8-9-22(15(10)14(17-3)16(20)21)13-6-4-12(5-7-13)18-11(2)19/h4-7,10,14-15,17,22H,8-9H2,1-3H3,(H,18,19)(H,20,21)/t10-,14?,15-/m1/s1. The molecule has 6 heteroatoms. The van der Waals surface area contributed by atoms with Crippen LogP contribution in [-0.4, -0.2) is 41.1 Å². The van der Waals surface area contributed by atoms with Crippen molar-refractivity contribution < 1.29 is 14.7 Å². The molecule has 0 spiro atoms. The molecule has 0 aliphatic carbocycles. The van der Waals surface area contributed by atoms with E-state index in [1.165, 1.54) is 11.8 Å². The van der Waals surface area contributed by atoms with E-state index in [1.807, 2.05) is 24.3 Å². The van der Waals surface area contributed by atoms with Crippen LogP contribution in [0.25, 0.3) is 0 Å². The normalized spacial score (nSPS) is 27.3. The van der Waals surface area contributed by atoms with E-state index in [0.29, 0.717) is 5.92 Å². The predicted molar refractivity (Wildman–Crippen MR) is 90.9 cm³/mol. The summed E-state index contributed by atoms with van der Waals surface area (Å²) in [6, 6.07) is 7.34. The maximum Gasteiger partial charge on any atom is 0.321 e. The Kier molecular flexibility index (Phi) is 5.47. The van der Waals surface area contributed by atoms with Crippen molar-refractivity contribution in [3.63, 3.8) is 0 Å². The molecule has 1 fully saturated rings. The van der Waals surface area contributed by atoms with Crippen LogP contribution in [-0.2, 0) is 9.59 Å². The molecule has 22 heavy (non-hydrogen) atoms. The highest BCUT2D eigenvalue weighted by molar-refractivity contribution is 8.17. The van der Waals surface area contributed by atoms with Crippen molar-refractivity contribution in [3.05, 3.63) is 24.3 Å². The van der Waals surface area contributed by atoms with Gasteiger partial charge in [0.25, 0.3) is 0 Å². The third-order valence-electron chi connectivity index (χ3n) is 4.21. The summed E-state index contributed by atoms with van der Waals surface area (Å²) >= 11 is 0. The summed E-state index contributed by atoms with van der Waals surface area (Å²) in [7, 11) is 1.21. The highest BCUT2D eigenvalue weighted by Gasteiger charge is 2.40. The van der Waals surface area contributed by atoms with Gasteiger partial charge in [-0.1, -0.05) is 6.92 Å². The molecular formula is C16H24N2O3S. The number of nitrogens with one attached hydrogen (secondary N) is 2. The first-order chi connectivity index (χ1) is 10.4. The number of amides is 1. The molecule has 1 aromatic carbocycles. The van der Waals surface area contributed by atoms with Crippen LogP contribution < -0.4 is 10.6 Å². The van der Waals surface area contributed by atoms with Crippen molar-refractivity contribution in [1.29, 1.82) is 0 Å². The number of aliphatic carboxylic acids is 1. The maximum atomic E-state index is 11.5. The van der Waals surface area contributed by atoms with Crippen molar-refractivity contribution in [2.45, 2.75) is 36.5 Å². The second-order valence-electron chi connectivity index (χ2n) is 5.78. The molecule has 0 radical (unpaired) electrons. The summed E-state index contributed by atoms with van der Waals surface area (Å²) in [5.41, 5.74) is 0.776. The molecule has 5 nitrogen and oxygen atoms in total. The Bertz CT molecular complexity index is 547. The van der Waals surface area contributed by atoms with Gasteiger partial charge in [0.1, 0.15) is 6.04 Å². The van der Waals surface area contributed by atoms with Crippen LogP contribution in [0.1, 0.15) is 20.3 Å². The first kappa shape index (κ1) is 16.8. The summed E-state index contributed by atoms with van der Waals surface area (Å²) in [5, 5.41) is 15.3. The summed E-state index contributed by atoms with van der Waals surface area (Å²) in [4.78, 5) is 23.8. The predicted octanol–water partition coefficient (Wildman–Crippen LogP) is 2.09. The fourth-order valence-corrected chi connectivity index (χ4v) is 6.68. The van der Waals surface area contributed by atoms with Crippen LogP contribution in [0, 0.1) is 5.92 Å². The van der Waals surface area contributed by atoms with Crippen molar-refractivity contribution in [2.75, 3.05) is 18.1 Å². The third-order valence-corrected chi connectivity index (χ3v) is 7.43. The second-order valence-corrected chi connectivity index (χ2v) is 8.28. The van der Waals surface area contributed by atoms with Gasteiger partial charge in [0.15, 0.2) is 0 Å². The van der Waals surface area contributed by atoms with Crippen LogP contribution >= 0.6 is 10.9 Å². The molecule has 1 amide bonds. The van der Waals surface area contributed by atoms with Crippen molar-refractivity contribution in [3.8, 4) is 0 Å². The Hall–Kier alpha value is -1.53. The Morgan fingerprint density at radius 1 is 1.32 bits per heavy atom. The Labute approximate surface area is 133 Å². The van der Waals surface area contributed by atoms with E-state index in [1.54, 1.807) is 7.05 Å². The van der Waals surface area contributed by atoms with E-state index >= 15 is 0 Å². The van der Waals surface area contributed by atoms with Gasteiger partial charge in [-0.2, -0.15) is 0 Å². The lowest BCUT2D eigenvalue weighted by Gasteiger charge is -2.31. The van der Waals surface area contributed by atoms with Crippen molar-refractivity contribution in [2.24, 2.45) is 5.92 Å². The minimum atomic E-state index is -0.774. The van der Waals surface area contributed by atoms with Gasteiger partial charge in [-0.3, -0.25) is 9.59 Å². The molecule has 1 heterocycles. The number of carboxylic acid groups (broad SMARTS) is 1. The zero-order valence-electron chi connectivity index (χ0n) is 13.2.